The van der Waals surface area contributed by atoms with Crippen molar-refractivity contribution >= 4 is 11.6 Å². The van der Waals surface area contributed by atoms with E-state index in [0.717, 1.165) is 50.0 Å². The Morgan fingerprint density at radius 1 is 1.44 bits per heavy atom. The molecule has 18 heavy (non-hydrogen) atoms. The molecule has 2 heterocycles. The van der Waals surface area contributed by atoms with Crippen LogP contribution in [0.15, 0.2) is 12.1 Å². The van der Waals surface area contributed by atoms with Gasteiger partial charge in [-0.15, -0.1) is 0 Å². The summed E-state index contributed by atoms with van der Waals surface area (Å²) in [6, 6.07) is 4.07. The standard InChI is InChI=1S/C14H19ClN2O/c15-13-5-11-2-4-18-14(11)12(6-13)9-17-3-1-10(7-16)8-17/h5-6,10H,1-4,7-9,16H2. The predicted octanol–water partition coefficient (Wildman–Crippen LogP) is 2.06. The van der Waals surface area contributed by atoms with Gasteiger partial charge < -0.3 is 10.5 Å². The van der Waals surface area contributed by atoms with Gasteiger partial charge >= 0.3 is 0 Å². The van der Waals surface area contributed by atoms with Crippen molar-refractivity contribution in [1.29, 1.82) is 0 Å². The Morgan fingerprint density at radius 3 is 3.11 bits per heavy atom. The Hall–Kier alpha value is -0.770. The average Bonchev–Trinajstić information content (AvgIpc) is 2.97. The van der Waals surface area contributed by atoms with Crippen molar-refractivity contribution in [2.45, 2.75) is 19.4 Å². The first-order chi connectivity index (χ1) is 8.76. The van der Waals surface area contributed by atoms with E-state index < -0.39 is 0 Å². The van der Waals surface area contributed by atoms with Gasteiger partial charge in [0.15, 0.2) is 0 Å². The van der Waals surface area contributed by atoms with Crippen LogP contribution in [0.5, 0.6) is 5.75 Å². The molecule has 0 saturated carbocycles. The quantitative estimate of drug-likeness (QED) is 0.910. The monoisotopic (exact) mass is 266 g/mol. The first kappa shape index (κ1) is 12.3. The van der Waals surface area contributed by atoms with Crippen molar-refractivity contribution in [2.75, 3.05) is 26.2 Å². The second-order valence-corrected chi connectivity index (χ2v) is 5.71. The van der Waals surface area contributed by atoms with Crippen molar-refractivity contribution in [3.05, 3.63) is 28.3 Å². The summed E-state index contributed by atoms with van der Waals surface area (Å²) in [5.41, 5.74) is 8.22. The number of ether oxygens (including phenoxy) is 1. The zero-order chi connectivity index (χ0) is 12.5. The van der Waals surface area contributed by atoms with E-state index in [1.807, 2.05) is 12.1 Å². The minimum absolute atomic E-state index is 0.651. The highest BCUT2D eigenvalue weighted by Crippen LogP contribution is 2.34. The lowest BCUT2D eigenvalue weighted by Gasteiger charge is -2.18. The molecular weight excluding hydrogens is 248 g/mol. The molecule has 0 amide bonds. The normalized spacial score (nSPS) is 23.1. The Labute approximate surface area is 113 Å². The first-order valence-electron chi connectivity index (χ1n) is 6.63. The zero-order valence-corrected chi connectivity index (χ0v) is 11.2. The third-order valence-electron chi connectivity index (χ3n) is 3.92. The van der Waals surface area contributed by atoms with Gasteiger partial charge in [0, 0.05) is 30.1 Å². The Kier molecular flexibility index (Phi) is 3.46. The minimum Gasteiger partial charge on any atom is -0.493 e. The molecule has 0 aromatic heterocycles. The highest BCUT2D eigenvalue weighted by atomic mass is 35.5. The van der Waals surface area contributed by atoms with E-state index in [9.17, 15) is 0 Å². The molecule has 3 rings (SSSR count). The van der Waals surface area contributed by atoms with Gasteiger partial charge in [0.25, 0.3) is 0 Å². The summed E-state index contributed by atoms with van der Waals surface area (Å²) >= 11 is 6.18. The molecule has 0 aliphatic carbocycles. The fourth-order valence-corrected chi connectivity index (χ4v) is 3.22. The Balaban J connectivity index is 1.77. The second kappa shape index (κ2) is 5.08. The van der Waals surface area contributed by atoms with Crippen molar-refractivity contribution in [3.8, 4) is 5.75 Å². The summed E-state index contributed by atoms with van der Waals surface area (Å²) in [4.78, 5) is 2.45. The van der Waals surface area contributed by atoms with E-state index in [-0.39, 0.29) is 0 Å². The zero-order valence-electron chi connectivity index (χ0n) is 10.5. The maximum Gasteiger partial charge on any atom is 0.127 e. The van der Waals surface area contributed by atoms with Crippen LogP contribution in [-0.4, -0.2) is 31.1 Å². The third-order valence-corrected chi connectivity index (χ3v) is 4.14. The lowest BCUT2D eigenvalue weighted by atomic mass is 10.1. The van der Waals surface area contributed by atoms with Gasteiger partial charge in [-0.25, -0.2) is 0 Å². The molecule has 3 nitrogen and oxygen atoms in total. The molecule has 0 bridgehead atoms. The molecule has 1 fully saturated rings. The van der Waals surface area contributed by atoms with E-state index in [1.54, 1.807) is 0 Å². The van der Waals surface area contributed by atoms with Gasteiger partial charge in [-0.2, -0.15) is 0 Å². The van der Waals surface area contributed by atoms with Gasteiger partial charge in [0.2, 0.25) is 0 Å². The molecule has 2 aliphatic rings. The number of hydrogen-bond donors (Lipinski definition) is 1. The molecule has 1 atom stereocenters. The number of likely N-dealkylation sites (tertiary alicyclic amines) is 1. The molecule has 4 heteroatoms. The van der Waals surface area contributed by atoms with Crippen molar-refractivity contribution in [1.82, 2.24) is 4.90 Å². The Morgan fingerprint density at radius 2 is 2.33 bits per heavy atom. The summed E-state index contributed by atoms with van der Waals surface area (Å²) in [7, 11) is 0. The number of hydrogen-bond acceptors (Lipinski definition) is 3. The first-order valence-corrected chi connectivity index (χ1v) is 7.00. The van der Waals surface area contributed by atoms with Crippen LogP contribution < -0.4 is 10.5 Å². The molecule has 98 valence electrons. The number of halogens is 1. The number of nitrogens with zero attached hydrogens (tertiary/aromatic N) is 1. The van der Waals surface area contributed by atoms with Gasteiger partial charge in [-0.05, 0) is 43.1 Å². The molecule has 2 N–H and O–H groups in total. The number of fused-ring (bicyclic) bond motifs is 1. The van der Waals surface area contributed by atoms with Crippen LogP contribution in [-0.2, 0) is 13.0 Å². The average molecular weight is 267 g/mol. The molecule has 1 saturated heterocycles. The van der Waals surface area contributed by atoms with Crippen LogP contribution in [0.1, 0.15) is 17.5 Å². The van der Waals surface area contributed by atoms with E-state index in [4.69, 9.17) is 22.1 Å². The largest absolute Gasteiger partial charge is 0.493 e. The van der Waals surface area contributed by atoms with E-state index in [0.29, 0.717) is 5.92 Å². The number of benzene rings is 1. The van der Waals surface area contributed by atoms with Crippen LogP contribution in [0.25, 0.3) is 0 Å². The maximum absolute atomic E-state index is 6.18. The lowest BCUT2D eigenvalue weighted by molar-refractivity contribution is 0.304. The summed E-state index contributed by atoms with van der Waals surface area (Å²) < 4.78 is 5.74. The fourth-order valence-electron chi connectivity index (χ4n) is 2.95. The topological polar surface area (TPSA) is 38.5 Å². The second-order valence-electron chi connectivity index (χ2n) is 5.28. The molecule has 0 radical (unpaired) electrons. The van der Waals surface area contributed by atoms with Gasteiger partial charge in [-0.3, -0.25) is 4.90 Å². The van der Waals surface area contributed by atoms with Crippen LogP contribution in [0, 0.1) is 5.92 Å². The number of rotatable bonds is 3. The van der Waals surface area contributed by atoms with E-state index in [1.165, 1.54) is 17.5 Å². The van der Waals surface area contributed by atoms with Crippen molar-refractivity contribution in [3.63, 3.8) is 0 Å². The van der Waals surface area contributed by atoms with Crippen LogP contribution in [0.2, 0.25) is 5.02 Å². The van der Waals surface area contributed by atoms with Gasteiger partial charge in [-0.1, -0.05) is 11.6 Å². The lowest BCUT2D eigenvalue weighted by Crippen LogP contribution is -2.23. The van der Waals surface area contributed by atoms with Gasteiger partial charge in [0.1, 0.15) is 5.75 Å². The Bertz CT molecular complexity index is 450. The fraction of sp³-hybridized carbons (Fsp3) is 0.571. The highest BCUT2D eigenvalue weighted by Gasteiger charge is 2.24. The SMILES string of the molecule is NCC1CCN(Cc2cc(Cl)cc3c2OCC3)C1. The molecule has 1 unspecified atom stereocenters. The van der Waals surface area contributed by atoms with Gasteiger partial charge in [0.05, 0.1) is 6.61 Å². The maximum atomic E-state index is 6.18. The summed E-state index contributed by atoms with van der Waals surface area (Å²) in [5, 5.41) is 0.823. The van der Waals surface area contributed by atoms with E-state index >= 15 is 0 Å². The van der Waals surface area contributed by atoms with Crippen LogP contribution in [0.4, 0.5) is 0 Å². The summed E-state index contributed by atoms with van der Waals surface area (Å²) in [5.74, 6) is 1.72. The smallest absolute Gasteiger partial charge is 0.127 e. The summed E-state index contributed by atoms with van der Waals surface area (Å²) in [6.07, 6.45) is 2.19. The van der Waals surface area contributed by atoms with Crippen LogP contribution >= 0.6 is 11.6 Å². The van der Waals surface area contributed by atoms with Crippen molar-refractivity contribution in [2.24, 2.45) is 11.7 Å². The molecule has 0 spiro atoms. The minimum atomic E-state index is 0.651. The van der Waals surface area contributed by atoms with Crippen LogP contribution in [0.3, 0.4) is 0 Å². The molecule has 1 aromatic carbocycles. The third kappa shape index (κ3) is 2.35. The highest BCUT2D eigenvalue weighted by molar-refractivity contribution is 6.30. The summed E-state index contributed by atoms with van der Waals surface area (Å²) in [6.45, 7) is 4.73. The molecule has 1 aromatic rings. The van der Waals surface area contributed by atoms with Crippen molar-refractivity contribution < 1.29 is 4.74 Å². The molecular formula is C14H19ClN2O. The molecule has 2 aliphatic heterocycles. The van der Waals surface area contributed by atoms with E-state index in [2.05, 4.69) is 4.90 Å². The number of nitrogens with two attached hydrogens (primary N) is 1. The predicted molar refractivity (Wildman–Crippen MR) is 73.1 cm³/mol.